The Kier molecular flexibility index (Phi) is 4.16. The normalized spacial score (nSPS) is 11.0. The van der Waals surface area contributed by atoms with Gasteiger partial charge in [0.2, 0.25) is 0 Å². The first-order chi connectivity index (χ1) is 9.90. The topological polar surface area (TPSA) is 38.3 Å². The summed E-state index contributed by atoms with van der Waals surface area (Å²) >= 11 is 0. The maximum absolute atomic E-state index is 12.8. The first kappa shape index (κ1) is 14.9. The second-order valence-electron chi connectivity index (χ2n) is 4.39. The van der Waals surface area contributed by atoms with Crippen molar-refractivity contribution < 1.29 is 22.7 Å². The fourth-order valence-electron chi connectivity index (χ4n) is 1.84. The van der Waals surface area contributed by atoms with Crippen LogP contribution in [0.4, 0.5) is 24.5 Å². The maximum atomic E-state index is 12.8. The number of anilines is 2. The highest BCUT2D eigenvalue weighted by Gasteiger charge is 2.32. The lowest BCUT2D eigenvalue weighted by Crippen LogP contribution is -2.08. The van der Waals surface area contributed by atoms with Gasteiger partial charge in [0, 0.05) is 11.4 Å². The Morgan fingerprint density at radius 3 is 2.24 bits per heavy atom. The van der Waals surface area contributed by atoms with Crippen molar-refractivity contribution in [2.45, 2.75) is 13.1 Å². The number of alkyl halides is 3. The zero-order valence-electron chi connectivity index (χ0n) is 11.1. The van der Waals surface area contributed by atoms with Gasteiger partial charge in [-0.25, -0.2) is 0 Å². The number of benzene rings is 2. The minimum atomic E-state index is -4.39. The molecule has 0 bridgehead atoms. The third-order valence-corrected chi connectivity index (χ3v) is 2.87. The van der Waals surface area contributed by atoms with Crippen LogP contribution in [0.2, 0.25) is 0 Å². The van der Waals surface area contributed by atoms with Gasteiger partial charge < -0.3 is 10.1 Å². The van der Waals surface area contributed by atoms with Gasteiger partial charge >= 0.3 is 6.18 Å². The number of carbonyl (C=O) groups is 1. The minimum absolute atomic E-state index is 0.169. The largest absolute Gasteiger partial charge is 0.429 e. The molecule has 2 aromatic carbocycles. The molecule has 2 rings (SSSR count). The molecule has 0 aliphatic rings. The monoisotopic (exact) mass is 295 g/mol. The van der Waals surface area contributed by atoms with Crippen LogP contribution in [0.25, 0.3) is 0 Å². The van der Waals surface area contributed by atoms with Gasteiger partial charge in [0.1, 0.15) is 5.75 Å². The minimum Gasteiger partial charge on any atom is -0.429 e. The molecule has 0 amide bonds. The van der Waals surface area contributed by atoms with Crippen LogP contribution in [0.15, 0.2) is 42.5 Å². The molecule has 0 fully saturated rings. The summed E-state index contributed by atoms with van der Waals surface area (Å²) in [5.41, 5.74) is 0.415. The zero-order valence-corrected chi connectivity index (χ0v) is 11.1. The summed E-state index contributed by atoms with van der Waals surface area (Å²) in [6.45, 7) is 1.72. The molecule has 0 aliphatic carbocycles. The third-order valence-electron chi connectivity index (χ3n) is 2.87. The Balaban J connectivity index is 2.21. The van der Waals surface area contributed by atoms with Gasteiger partial charge in [-0.1, -0.05) is 6.07 Å². The predicted octanol–water partition coefficient (Wildman–Crippen LogP) is 4.29. The molecule has 0 saturated heterocycles. The van der Waals surface area contributed by atoms with E-state index in [1.54, 1.807) is 18.2 Å². The van der Waals surface area contributed by atoms with Crippen LogP contribution in [0, 0.1) is 6.92 Å². The van der Waals surface area contributed by atoms with Gasteiger partial charge in [-0.15, -0.1) is 0 Å². The van der Waals surface area contributed by atoms with E-state index in [0.29, 0.717) is 23.6 Å². The number of ether oxygens (including phenoxy) is 1. The Hall–Kier alpha value is -2.50. The SMILES string of the molecule is Cc1ccc(Nc2ccc(OC=O)cc2)cc1C(F)(F)F. The second-order valence-corrected chi connectivity index (χ2v) is 4.39. The number of carbonyl (C=O) groups excluding carboxylic acids is 1. The van der Waals surface area contributed by atoms with Gasteiger partial charge in [0.05, 0.1) is 5.56 Å². The molecule has 0 aromatic heterocycles. The molecule has 21 heavy (non-hydrogen) atoms. The predicted molar refractivity (Wildman–Crippen MR) is 72.6 cm³/mol. The summed E-state index contributed by atoms with van der Waals surface area (Å²) in [6, 6.07) is 10.3. The van der Waals surface area contributed by atoms with E-state index in [9.17, 15) is 18.0 Å². The quantitative estimate of drug-likeness (QED) is 0.855. The second kappa shape index (κ2) is 5.87. The van der Waals surface area contributed by atoms with Crippen LogP contribution in [-0.4, -0.2) is 6.47 Å². The van der Waals surface area contributed by atoms with Crippen LogP contribution in [0.5, 0.6) is 5.75 Å². The molecule has 110 valence electrons. The van der Waals surface area contributed by atoms with Crippen LogP contribution >= 0.6 is 0 Å². The molecule has 0 saturated carbocycles. The van der Waals surface area contributed by atoms with E-state index in [-0.39, 0.29) is 5.56 Å². The number of nitrogens with one attached hydrogen (secondary N) is 1. The van der Waals surface area contributed by atoms with E-state index in [1.165, 1.54) is 25.1 Å². The van der Waals surface area contributed by atoms with Crippen molar-refractivity contribution in [3.8, 4) is 5.75 Å². The summed E-state index contributed by atoms with van der Waals surface area (Å²) in [6.07, 6.45) is -4.39. The van der Waals surface area contributed by atoms with Crippen LogP contribution in [-0.2, 0) is 11.0 Å². The van der Waals surface area contributed by atoms with Crippen LogP contribution in [0.3, 0.4) is 0 Å². The molecule has 1 N–H and O–H groups in total. The van der Waals surface area contributed by atoms with E-state index in [0.717, 1.165) is 6.07 Å². The standard InChI is InChI=1S/C15H12F3NO2/c1-10-2-3-12(8-14(10)15(16,17)18)19-11-4-6-13(7-5-11)21-9-20/h2-9,19H,1H3. The number of rotatable bonds is 4. The lowest BCUT2D eigenvalue weighted by atomic mass is 10.1. The summed E-state index contributed by atoms with van der Waals surface area (Å²) in [5, 5.41) is 2.87. The maximum Gasteiger partial charge on any atom is 0.416 e. The molecule has 3 nitrogen and oxygen atoms in total. The number of hydrogen-bond donors (Lipinski definition) is 1. The molecule has 0 radical (unpaired) electrons. The summed E-state index contributed by atoms with van der Waals surface area (Å²) in [4.78, 5) is 10.2. The van der Waals surface area contributed by atoms with Crippen molar-refractivity contribution in [2.75, 3.05) is 5.32 Å². The van der Waals surface area contributed by atoms with E-state index in [4.69, 9.17) is 0 Å². The van der Waals surface area contributed by atoms with Gasteiger partial charge in [-0.05, 0) is 48.9 Å². The lowest BCUT2D eigenvalue weighted by Gasteiger charge is -2.13. The number of halogens is 3. The molecule has 0 heterocycles. The number of aryl methyl sites for hydroxylation is 1. The summed E-state index contributed by atoms with van der Waals surface area (Å²) < 4.78 is 43.1. The van der Waals surface area contributed by atoms with Crippen LogP contribution < -0.4 is 10.1 Å². The average Bonchev–Trinajstić information content (AvgIpc) is 2.42. The smallest absolute Gasteiger partial charge is 0.416 e. The van der Waals surface area contributed by atoms with Crippen molar-refractivity contribution in [3.63, 3.8) is 0 Å². The van der Waals surface area contributed by atoms with Gasteiger partial charge in [0.15, 0.2) is 0 Å². The fraction of sp³-hybridized carbons (Fsp3) is 0.133. The summed E-state index contributed by atoms with van der Waals surface area (Å²) in [5.74, 6) is 0.357. The Morgan fingerprint density at radius 1 is 1.05 bits per heavy atom. The van der Waals surface area contributed by atoms with Gasteiger partial charge in [-0.2, -0.15) is 13.2 Å². The highest BCUT2D eigenvalue weighted by atomic mass is 19.4. The highest BCUT2D eigenvalue weighted by Crippen LogP contribution is 2.34. The molecule has 0 spiro atoms. The molecule has 0 unspecified atom stereocenters. The van der Waals surface area contributed by atoms with Crippen molar-refractivity contribution in [1.29, 1.82) is 0 Å². The molecule has 0 aliphatic heterocycles. The summed E-state index contributed by atoms with van der Waals surface area (Å²) in [7, 11) is 0. The Labute approximate surface area is 119 Å². The van der Waals surface area contributed by atoms with Crippen molar-refractivity contribution in [1.82, 2.24) is 0 Å². The Morgan fingerprint density at radius 2 is 1.67 bits per heavy atom. The van der Waals surface area contributed by atoms with Gasteiger partial charge in [-0.3, -0.25) is 4.79 Å². The zero-order chi connectivity index (χ0) is 15.5. The van der Waals surface area contributed by atoms with E-state index in [1.807, 2.05) is 0 Å². The van der Waals surface area contributed by atoms with Crippen LogP contribution in [0.1, 0.15) is 11.1 Å². The lowest BCUT2D eigenvalue weighted by molar-refractivity contribution is -0.138. The molecular formula is C15H12F3NO2. The molecule has 6 heteroatoms. The first-order valence-electron chi connectivity index (χ1n) is 6.05. The van der Waals surface area contributed by atoms with Crippen molar-refractivity contribution in [3.05, 3.63) is 53.6 Å². The van der Waals surface area contributed by atoms with E-state index < -0.39 is 11.7 Å². The average molecular weight is 295 g/mol. The third kappa shape index (κ3) is 3.75. The van der Waals surface area contributed by atoms with Crippen molar-refractivity contribution in [2.24, 2.45) is 0 Å². The Bertz CT molecular complexity index is 636. The molecular weight excluding hydrogens is 283 g/mol. The molecule has 0 atom stereocenters. The number of hydrogen-bond acceptors (Lipinski definition) is 3. The molecule has 2 aromatic rings. The van der Waals surface area contributed by atoms with E-state index >= 15 is 0 Å². The fourth-order valence-corrected chi connectivity index (χ4v) is 1.84. The van der Waals surface area contributed by atoms with E-state index in [2.05, 4.69) is 10.1 Å². The first-order valence-corrected chi connectivity index (χ1v) is 6.05. The van der Waals surface area contributed by atoms with Crippen molar-refractivity contribution >= 4 is 17.8 Å². The van der Waals surface area contributed by atoms with Gasteiger partial charge in [0.25, 0.3) is 6.47 Å². The highest BCUT2D eigenvalue weighted by molar-refractivity contribution is 5.62.